The SMILES string of the molecule is Cc1ccc(S(=O)(=O)NCC(=O)OCCOc2ccc(Cl)cc2)cc1C. The molecule has 0 aliphatic carbocycles. The van der Waals surface area contributed by atoms with E-state index >= 15 is 0 Å². The quantitative estimate of drug-likeness (QED) is 0.547. The van der Waals surface area contributed by atoms with Gasteiger partial charge in [0.05, 0.1) is 4.90 Å². The van der Waals surface area contributed by atoms with Crippen molar-refractivity contribution in [2.75, 3.05) is 19.8 Å². The fourth-order valence-electron chi connectivity index (χ4n) is 2.02. The minimum Gasteiger partial charge on any atom is -0.490 e. The lowest BCUT2D eigenvalue weighted by Gasteiger charge is -2.10. The Balaban J connectivity index is 1.75. The van der Waals surface area contributed by atoms with Crippen LogP contribution < -0.4 is 9.46 Å². The lowest BCUT2D eigenvalue weighted by Crippen LogP contribution is -2.31. The molecular formula is C18H20ClNO5S. The van der Waals surface area contributed by atoms with Crippen molar-refractivity contribution in [2.24, 2.45) is 0 Å². The third-order valence-electron chi connectivity index (χ3n) is 3.62. The number of nitrogens with one attached hydrogen (secondary N) is 1. The number of sulfonamides is 1. The summed E-state index contributed by atoms with van der Waals surface area (Å²) in [6, 6.07) is 11.5. The van der Waals surface area contributed by atoms with Gasteiger partial charge in [-0.25, -0.2) is 8.42 Å². The van der Waals surface area contributed by atoms with E-state index in [1.165, 1.54) is 6.07 Å². The molecular weight excluding hydrogens is 378 g/mol. The second-order valence-corrected chi connectivity index (χ2v) is 7.80. The van der Waals surface area contributed by atoms with Crippen molar-refractivity contribution < 1.29 is 22.7 Å². The molecule has 0 amide bonds. The third kappa shape index (κ3) is 6.01. The molecule has 0 saturated carbocycles. The summed E-state index contributed by atoms with van der Waals surface area (Å²) in [6.07, 6.45) is 0. The first-order chi connectivity index (χ1) is 12.3. The molecule has 0 spiro atoms. The Morgan fingerprint density at radius 3 is 2.38 bits per heavy atom. The van der Waals surface area contributed by atoms with Crippen LogP contribution in [0.25, 0.3) is 0 Å². The smallest absolute Gasteiger partial charge is 0.321 e. The molecule has 2 rings (SSSR count). The van der Waals surface area contributed by atoms with E-state index in [1.54, 1.807) is 36.4 Å². The first-order valence-corrected chi connectivity index (χ1v) is 9.75. The maximum atomic E-state index is 12.2. The maximum absolute atomic E-state index is 12.2. The molecule has 6 nitrogen and oxygen atoms in total. The van der Waals surface area contributed by atoms with Crippen LogP contribution in [0.15, 0.2) is 47.4 Å². The van der Waals surface area contributed by atoms with Crippen molar-refractivity contribution in [3.05, 3.63) is 58.6 Å². The van der Waals surface area contributed by atoms with Crippen molar-refractivity contribution in [1.29, 1.82) is 0 Å². The Labute approximate surface area is 158 Å². The summed E-state index contributed by atoms with van der Waals surface area (Å²) < 4.78 is 36.9. The number of carbonyl (C=O) groups excluding carboxylic acids is 1. The van der Waals surface area contributed by atoms with Crippen LogP contribution in [-0.2, 0) is 19.6 Å². The molecule has 0 heterocycles. The highest BCUT2D eigenvalue weighted by molar-refractivity contribution is 7.89. The summed E-state index contributed by atoms with van der Waals surface area (Å²) in [4.78, 5) is 11.8. The molecule has 0 atom stereocenters. The predicted octanol–water partition coefficient (Wildman–Crippen LogP) is 2.86. The highest BCUT2D eigenvalue weighted by Gasteiger charge is 2.16. The Morgan fingerprint density at radius 2 is 1.73 bits per heavy atom. The van der Waals surface area contributed by atoms with Crippen molar-refractivity contribution in [1.82, 2.24) is 4.72 Å². The largest absolute Gasteiger partial charge is 0.490 e. The summed E-state index contributed by atoms with van der Waals surface area (Å²) in [7, 11) is -3.77. The van der Waals surface area contributed by atoms with E-state index in [1.807, 2.05) is 13.8 Å². The van der Waals surface area contributed by atoms with Crippen LogP contribution in [-0.4, -0.2) is 34.1 Å². The van der Waals surface area contributed by atoms with E-state index < -0.39 is 22.5 Å². The Morgan fingerprint density at radius 1 is 1.04 bits per heavy atom. The van der Waals surface area contributed by atoms with Gasteiger partial charge in [-0.05, 0) is 61.4 Å². The predicted molar refractivity (Wildman–Crippen MR) is 99.0 cm³/mol. The fourth-order valence-corrected chi connectivity index (χ4v) is 3.19. The van der Waals surface area contributed by atoms with Gasteiger partial charge in [0.2, 0.25) is 10.0 Å². The van der Waals surface area contributed by atoms with E-state index in [9.17, 15) is 13.2 Å². The van der Waals surface area contributed by atoms with Crippen molar-refractivity contribution in [3.63, 3.8) is 0 Å². The van der Waals surface area contributed by atoms with Crippen molar-refractivity contribution >= 4 is 27.6 Å². The van der Waals surface area contributed by atoms with Gasteiger partial charge in [0.15, 0.2) is 0 Å². The fraction of sp³-hybridized carbons (Fsp3) is 0.278. The van der Waals surface area contributed by atoms with Crippen molar-refractivity contribution in [2.45, 2.75) is 18.7 Å². The van der Waals surface area contributed by atoms with E-state index in [2.05, 4.69) is 4.72 Å². The topological polar surface area (TPSA) is 81.7 Å². The standard InChI is InChI=1S/C18H20ClNO5S/c1-13-3-8-17(11-14(13)2)26(22,23)20-12-18(21)25-10-9-24-16-6-4-15(19)5-7-16/h3-8,11,20H,9-10,12H2,1-2H3. The van der Waals surface area contributed by atoms with E-state index in [4.69, 9.17) is 21.1 Å². The van der Waals surface area contributed by atoms with Gasteiger partial charge < -0.3 is 9.47 Å². The molecule has 0 aromatic heterocycles. The van der Waals surface area contributed by atoms with Gasteiger partial charge in [0.25, 0.3) is 0 Å². The van der Waals surface area contributed by atoms with Gasteiger partial charge in [0.1, 0.15) is 25.5 Å². The second kappa shape index (κ2) is 9.02. The summed E-state index contributed by atoms with van der Waals surface area (Å²) >= 11 is 5.77. The number of aryl methyl sites for hydroxylation is 2. The molecule has 0 unspecified atom stereocenters. The molecule has 140 valence electrons. The van der Waals surface area contributed by atoms with Crippen LogP contribution in [0.3, 0.4) is 0 Å². The van der Waals surface area contributed by atoms with Gasteiger partial charge >= 0.3 is 5.97 Å². The van der Waals surface area contributed by atoms with Crippen LogP contribution >= 0.6 is 11.6 Å². The second-order valence-electron chi connectivity index (χ2n) is 5.59. The summed E-state index contributed by atoms with van der Waals surface area (Å²) in [5.41, 5.74) is 1.85. The summed E-state index contributed by atoms with van der Waals surface area (Å²) in [6.45, 7) is 3.42. The molecule has 2 aromatic rings. The van der Waals surface area contributed by atoms with Gasteiger partial charge in [-0.3, -0.25) is 4.79 Å². The molecule has 8 heteroatoms. The van der Waals surface area contributed by atoms with Gasteiger partial charge in [-0.2, -0.15) is 4.72 Å². The number of benzene rings is 2. The zero-order chi connectivity index (χ0) is 19.2. The van der Waals surface area contributed by atoms with E-state index in [-0.39, 0.29) is 18.1 Å². The summed E-state index contributed by atoms with van der Waals surface area (Å²) in [5.74, 6) is -0.0852. The molecule has 0 fully saturated rings. The number of halogens is 1. The number of hydrogen-bond acceptors (Lipinski definition) is 5. The highest BCUT2D eigenvalue weighted by Crippen LogP contribution is 2.15. The first-order valence-electron chi connectivity index (χ1n) is 7.89. The number of esters is 1. The molecule has 0 aliphatic heterocycles. The number of hydrogen-bond donors (Lipinski definition) is 1. The van der Waals surface area contributed by atoms with Crippen LogP contribution in [0.2, 0.25) is 5.02 Å². The molecule has 26 heavy (non-hydrogen) atoms. The Kier molecular flexibility index (Phi) is 7.02. The third-order valence-corrected chi connectivity index (χ3v) is 5.27. The highest BCUT2D eigenvalue weighted by atomic mass is 35.5. The van der Waals surface area contributed by atoms with Crippen LogP contribution in [0, 0.1) is 13.8 Å². The number of carbonyl (C=O) groups is 1. The molecule has 1 N–H and O–H groups in total. The zero-order valence-electron chi connectivity index (χ0n) is 14.5. The average Bonchev–Trinajstić information content (AvgIpc) is 2.61. The lowest BCUT2D eigenvalue weighted by atomic mass is 10.1. The zero-order valence-corrected chi connectivity index (χ0v) is 16.1. The van der Waals surface area contributed by atoms with Gasteiger partial charge in [-0.1, -0.05) is 17.7 Å². The maximum Gasteiger partial charge on any atom is 0.321 e. The molecule has 0 radical (unpaired) electrons. The number of ether oxygens (including phenoxy) is 2. The molecule has 0 aliphatic rings. The minimum absolute atomic E-state index is 0.00677. The van der Waals surface area contributed by atoms with Crippen molar-refractivity contribution in [3.8, 4) is 5.75 Å². The van der Waals surface area contributed by atoms with Crippen LogP contribution in [0.1, 0.15) is 11.1 Å². The van der Waals surface area contributed by atoms with Gasteiger partial charge in [-0.15, -0.1) is 0 Å². The molecule has 0 saturated heterocycles. The Bertz CT molecular complexity index is 866. The first kappa shape index (κ1) is 20.2. The minimum atomic E-state index is -3.77. The monoisotopic (exact) mass is 397 g/mol. The molecule has 2 aromatic carbocycles. The average molecular weight is 398 g/mol. The lowest BCUT2D eigenvalue weighted by molar-refractivity contribution is -0.142. The van der Waals surface area contributed by atoms with E-state index in [0.29, 0.717) is 10.8 Å². The van der Waals surface area contributed by atoms with E-state index in [0.717, 1.165) is 11.1 Å². The van der Waals surface area contributed by atoms with Crippen LogP contribution in [0.4, 0.5) is 0 Å². The molecule has 0 bridgehead atoms. The summed E-state index contributed by atoms with van der Waals surface area (Å²) in [5, 5.41) is 0.597. The van der Waals surface area contributed by atoms with Crippen LogP contribution in [0.5, 0.6) is 5.75 Å². The van der Waals surface area contributed by atoms with Gasteiger partial charge in [0, 0.05) is 5.02 Å². The normalized spacial score (nSPS) is 11.2. The Hall–Kier alpha value is -2.09. The number of rotatable bonds is 8.